The summed E-state index contributed by atoms with van der Waals surface area (Å²) in [6.45, 7) is 0.106. The van der Waals surface area contributed by atoms with Gasteiger partial charge in [-0.25, -0.2) is 14.7 Å². The number of nitrogens with two attached hydrogens (primary N) is 1. The van der Waals surface area contributed by atoms with Crippen molar-refractivity contribution in [3.8, 4) is 5.88 Å². The van der Waals surface area contributed by atoms with Crippen molar-refractivity contribution in [2.45, 2.75) is 31.1 Å². The summed E-state index contributed by atoms with van der Waals surface area (Å²) in [5.41, 5.74) is 8.26. The highest BCUT2D eigenvalue weighted by molar-refractivity contribution is 5.85. The van der Waals surface area contributed by atoms with Crippen molar-refractivity contribution in [1.82, 2.24) is 20.2 Å². The number of carbonyl (C=O) groups is 2. The lowest BCUT2D eigenvalue weighted by Crippen LogP contribution is -2.47. The molecule has 0 radical (unpaired) electrons. The Balaban J connectivity index is 1.18. The van der Waals surface area contributed by atoms with Crippen LogP contribution in [0.25, 0.3) is 11.0 Å². The van der Waals surface area contributed by atoms with Crippen molar-refractivity contribution in [2.24, 2.45) is 5.73 Å². The van der Waals surface area contributed by atoms with Gasteiger partial charge in [0.15, 0.2) is 12.0 Å². The number of carbonyl (C=O) groups excluding carboxylic acids is 2. The van der Waals surface area contributed by atoms with E-state index in [0.717, 1.165) is 18.4 Å². The minimum absolute atomic E-state index is 0.0164. The topological polar surface area (TPSA) is 158 Å². The molecule has 2 amide bonds. The maximum absolute atomic E-state index is 12.8. The Morgan fingerprint density at radius 1 is 1.34 bits per heavy atom. The molecule has 4 N–H and O–H groups in total. The first-order valence-corrected chi connectivity index (χ1v) is 12.0. The quantitative estimate of drug-likeness (QED) is 0.468. The number of amides is 2. The summed E-state index contributed by atoms with van der Waals surface area (Å²) in [6.07, 6.45) is 9.24. The Morgan fingerprint density at radius 2 is 2.21 bits per heavy atom. The number of nitrogens with one attached hydrogen (secondary N) is 1. The molecule has 0 bridgehead atoms. The summed E-state index contributed by atoms with van der Waals surface area (Å²) in [6, 6.07) is 3.57. The first-order valence-electron chi connectivity index (χ1n) is 12.0. The monoisotopic (exact) mass is 521 g/mol. The number of ether oxygens (including phenoxy) is 4. The lowest BCUT2D eigenvalue weighted by Gasteiger charge is -2.23. The Hall–Kier alpha value is -4.42. The molecule has 0 aromatic carbocycles. The number of allylic oxidation sites excluding steroid dienone is 4. The molecule has 4 heterocycles. The maximum atomic E-state index is 12.8. The number of aliphatic hydroxyl groups is 1. The number of pyridine rings is 2. The molecule has 1 aliphatic carbocycles. The van der Waals surface area contributed by atoms with Gasteiger partial charge in [0.05, 0.1) is 31.2 Å². The van der Waals surface area contributed by atoms with Crippen LogP contribution >= 0.6 is 0 Å². The van der Waals surface area contributed by atoms with Crippen LogP contribution in [0.3, 0.4) is 0 Å². The molecule has 1 saturated heterocycles. The van der Waals surface area contributed by atoms with Crippen molar-refractivity contribution in [2.75, 3.05) is 20.2 Å². The number of cyclic esters (lactones) is 1. The van der Waals surface area contributed by atoms with Crippen LogP contribution in [0.15, 0.2) is 72.4 Å². The summed E-state index contributed by atoms with van der Waals surface area (Å²) in [5, 5.41) is 13.5. The van der Waals surface area contributed by atoms with Crippen LogP contribution in [0, 0.1) is 0 Å². The Bertz CT molecular complexity index is 1370. The number of rotatable bonds is 8. The fraction of sp³-hybridized carbons (Fsp3) is 0.308. The average molecular weight is 522 g/mol. The highest BCUT2D eigenvalue weighted by atomic mass is 16.6. The fourth-order valence-corrected chi connectivity index (χ4v) is 4.24. The molecule has 0 saturated carbocycles. The number of aromatic nitrogens is 2. The molecule has 38 heavy (non-hydrogen) atoms. The second kappa shape index (κ2) is 10.9. The summed E-state index contributed by atoms with van der Waals surface area (Å²) >= 11 is 0. The predicted molar refractivity (Wildman–Crippen MR) is 134 cm³/mol. The van der Waals surface area contributed by atoms with E-state index in [9.17, 15) is 14.7 Å². The van der Waals surface area contributed by atoms with E-state index in [1.165, 1.54) is 30.7 Å². The van der Waals surface area contributed by atoms with Crippen molar-refractivity contribution in [3.05, 3.63) is 77.9 Å². The van der Waals surface area contributed by atoms with Gasteiger partial charge in [-0.15, -0.1) is 0 Å². The highest BCUT2D eigenvalue weighted by Crippen LogP contribution is 2.29. The van der Waals surface area contributed by atoms with E-state index >= 15 is 0 Å². The van der Waals surface area contributed by atoms with Gasteiger partial charge < -0.3 is 35.1 Å². The van der Waals surface area contributed by atoms with Crippen LogP contribution in [0.2, 0.25) is 0 Å². The van der Waals surface area contributed by atoms with E-state index in [1.54, 1.807) is 18.2 Å². The van der Waals surface area contributed by atoms with Gasteiger partial charge in [0.1, 0.15) is 24.5 Å². The van der Waals surface area contributed by atoms with Crippen LogP contribution in [0.4, 0.5) is 4.79 Å². The van der Waals surface area contributed by atoms with E-state index < -0.39 is 30.3 Å². The van der Waals surface area contributed by atoms with Gasteiger partial charge in [0, 0.05) is 17.8 Å². The van der Waals surface area contributed by atoms with Crippen LogP contribution < -0.4 is 15.8 Å². The van der Waals surface area contributed by atoms with Crippen molar-refractivity contribution in [3.63, 3.8) is 0 Å². The smallest absolute Gasteiger partial charge is 0.417 e. The van der Waals surface area contributed by atoms with Gasteiger partial charge in [-0.05, 0) is 30.5 Å². The van der Waals surface area contributed by atoms with Crippen LogP contribution in [0.5, 0.6) is 5.88 Å². The molecule has 198 valence electrons. The number of hydrogen-bond donors (Lipinski definition) is 3. The number of aliphatic hydroxyl groups excluding tert-OH is 1. The second-order valence-electron chi connectivity index (χ2n) is 8.79. The summed E-state index contributed by atoms with van der Waals surface area (Å²) in [5.74, 6) is 0.421. The van der Waals surface area contributed by atoms with Crippen molar-refractivity contribution < 1.29 is 33.6 Å². The highest BCUT2D eigenvalue weighted by Gasteiger charge is 2.37. The van der Waals surface area contributed by atoms with Crippen LogP contribution in [-0.4, -0.2) is 64.3 Å². The largest absolute Gasteiger partial charge is 0.481 e. The van der Waals surface area contributed by atoms with Gasteiger partial charge >= 0.3 is 6.09 Å². The number of methoxy groups -OCH3 is 1. The summed E-state index contributed by atoms with van der Waals surface area (Å²) in [4.78, 5) is 35.1. The third kappa shape index (κ3) is 5.17. The molecule has 2 unspecified atom stereocenters. The predicted octanol–water partition coefficient (Wildman–Crippen LogP) is 1.90. The van der Waals surface area contributed by atoms with E-state index in [1.807, 2.05) is 12.2 Å². The van der Waals surface area contributed by atoms with E-state index in [0.29, 0.717) is 28.2 Å². The Kier molecular flexibility index (Phi) is 7.24. The van der Waals surface area contributed by atoms with Gasteiger partial charge in [0.25, 0.3) is 0 Å². The van der Waals surface area contributed by atoms with Crippen LogP contribution in [0.1, 0.15) is 24.5 Å². The maximum Gasteiger partial charge on any atom is 0.417 e. The first kappa shape index (κ1) is 25.2. The lowest BCUT2D eigenvalue weighted by molar-refractivity contribution is -0.125. The lowest BCUT2D eigenvalue weighted by atomic mass is 10.0. The molecule has 5 rings (SSSR count). The molecule has 12 nitrogen and oxygen atoms in total. The van der Waals surface area contributed by atoms with E-state index in [-0.39, 0.29) is 19.0 Å². The summed E-state index contributed by atoms with van der Waals surface area (Å²) in [7, 11) is 1.47. The molecule has 12 heteroatoms. The van der Waals surface area contributed by atoms with Gasteiger partial charge in [0.2, 0.25) is 17.7 Å². The fourth-order valence-electron chi connectivity index (χ4n) is 4.24. The van der Waals surface area contributed by atoms with Gasteiger partial charge in [-0.2, -0.15) is 0 Å². The van der Waals surface area contributed by atoms with E-state index in [2.05, 4.69) is 21.4 Å². The first-order chi connectivity index (χ1) is 18.4. The minimum atomic E-state index is -1.37. The Labute approximate surface area is 218 Å². The molecular formula is C26H27N5O7. The second-order valence-corrected chi connectivity index (χ2v) is 8.79. The molecular weight excluding hydrogens is 494 g/mol. The number of fused-ring (bicyclic) bond motifs is 1. The van der Waals surface area contributed by atoms with Crippen molar-refractivity contribution in [1.29, 1.82) is 0 Å². The van der Waals surface area contributed by atoms with Crippen LogP contribution in [-0.2, 0) is 19.0 Å². The zero-order valence-corrected chi connectivity index (χ0v) is 20.6. The third-order valence-electron chi connectivity index (χ3n) is 6.29. The third-order valence-corrected chi connectivity index (χ3v) is 6.29. The normalized spacial score (nSPS) is 20.4. The van der Waals surface area contributed by atoms with Crippen molar-refractivity contribution >= 4 is 23.0 Å². The standard InChI is InChI=1S/C26H27N5O7/c1-35-20-8-7-18-23(30-20)17(9-10-28-18)24(32)22(27)25(33)29-11-16-12-31(26(34)37-16)21-14-36-13-19(38-21)15-5-3-2-4-6-15/h2-3,5,7-10,13-14,16,22,24,32H,4,6,11-12,27H2,1H3,(H,29,33)/t16-,22?,24?/m1/s1. The summed E-state index contributed by atoms with van der Waals surface area (Å²) < 4.78 is 21.8. The van der Waals surface area contributed by atoms with Gasteiger partial charge in [-0.1, -0.05) is 18.2 Å². The minimum Gasteiger partial charge on any atom is -0.481 e. The number of hydrogen-bond acceptors (Lipinski definition) is 10. The Morgan fingerprint density at radius 3 is 3.00 bits per heavy atom. The molecule has 0 spiro atoms. The zero-order chi connectivity index (χ0) is 26.6. The average Bonchev–Trinajstić information content (AvgIpc) is 3.35. The molecule has 2 aliphatic heterocycles. The molecule has 3 aliphatic rings. The number of nitrogens with zero attached hydrogens (tertiary/aromatic N) is 3. The molecule has 2 aromatic rings. The zero-order valence-electron chi connectivity index (χ0n) is 20.6. The molecule has 3 atom stereocenters. The molecule has 2 aromatic heterocycles. The SMILES string of the molecule is COc1ccc2nccc(C(O)C(N)C(=O)NC[C@@H]3CN(C4=COC=C(C5=CC=CCC5)O4)C(=O)O3)c2n1. The molecule has 1 fully saturated rings. The van der Waals surface area contributed by atoms with E-state index in [4.69, 9.17) is 24.7 Å². The van der Waals surface area contributed by atoms with Gasteiger partial charge in [-0.3, -0.25) is 9.78 Å².